The average Bonchev–Trinajstić information content (AvgIpc) is 3.15. The first-order chi connectivity index (χ1) is 12.2. The number of nitrogens with zero attached hydrogens (tertiary/aromatic N) is 1. The van der Waals surface area contributed by atoms with Crippen LogP contribution in [0.5, 0.6) is 0 Å². The first-order valence-corrected chi connectivity index (χ1v) is 6.69. The van der Waals surface area contributed by atoms with E-state index in [2.05, 4.69) is 0 Å². The molecule has 136 valence electrons. The first kappa shape index (κ1) is 17.9. The molecule has 0 radical (unpaired) electrons. The van der Waals surface area contributed by atoms with Crippen LogP contribution < -0.4 is 0 Å². The van der Waals surface area contributed by atoms with Gasteiger partial charge in [0.2, 0.25) is 5.82 Å². The third-order valence-electron chi connectivity index (χ3n) is 3.56. The minimum absolute atomic E-state index is 0.592. The van der Waals surface area contributed by atoms with Gasteiger partial charge < -0.3 is 4.57 Å². The Morgan fingerprint density at radius 1 is 0.423 bits per heavy atom. The van der Waals surface area contributed by atoms with Crippen LogP contribution in [-0.2, 0) is 0 Å². The molecule has 0 unspecified atom stereocenters. The standard InChI is InChI=1S/C16H4F9N/c17-7-5(8(18)11(21)13(23)10(7)20)6-9(19)12(22)14(24)15(25)16(6)26-3-1-2-4-26/h1-4H. The Kier molecular flexibility index (Phi) is 4.21. The van der Waals surface area contributed by atoms with E-state index in [4.69, 9.17) is 0 Å². The van der Waals surface area contributed by atoms with Gasteiger partial charge in [0.05, 0.1) is 16.8 Å². The molecule has 2 aromatic carbocycles. The van der Waals surface area contributed by atoms with Crippen LogP contribution in [0.25, 0.3) is 16.8 Å². The van der Waals surface area contributed by atoms with E-state index in [-0.39, 0.29) is 0 Å². The molecule has 0 atom stereocenters. The highest BCUT2D eigenvalue weighted by atomic mass is 19.2. The molecule has 0 saturated carbocycles. The molecule has 10 heteroatoms. The molecule has 26 heavy (non-hydrogen) atoms. The fourth-order valence-electron chi connectivity index (χ4n) is 2.40. The number of hydrogen-bond donors (Lipinski definition) is 0. The number of aromatic nitrogens is 1. The molecular weight excluding hydrogens is 377 g/mol. The summed E-state index contributed by atoms with van der Waals surface area (Å²) in [6.07, 6.45) is 1.93. The molecule has 0 N–H and O–H groups in total. The highest BCUT2D eigenvalue weighted by Crippen LogP contribution is 2.39. The second kappa shape index (κ2) is 6.11. The third kappa shape index (κ3) is 2.36. The van der Waals surface area contributed by atoms with E-state index in [1.54, 1.807) is 0 Å². The molecule has 0 aliphatic rings. The lowest BCUT2D eigenvalue weighted by Crippen LogP contribution is -2.12. The molecule has 3 aromatic rings. The Labute approximate surface area is 138 Å². The van der Waals surface area contributed by atoms with Crippen LogP contribution in [0, 0.1) is 52.4 Å². The van der Waals surface area contributed by atoms with E-state index in [1.165, 1.54) is 12.1 Å². The smallest absolute Gasteiger partial charge is 0.200 e. The predicted octanol–water partition coefficient (Wildman–Crippen LogP) is 5.40. The molecule has 3 rings (SSSR count). The minimum Gasteiger partial charge on any atom is -0.321 e. The van der Waals surface area contributed by atoms with Crippen molar-refractivity contribution in [3.05, 3.63) is 76.9 Å². The summed E-state index contributed by atoms with van der Waals surface area (Å²) < 4.78 is 124. The number of benzene rings is 2. The Bertz CT molecular complexity index is 996. The first-order valence-electron chi connectivity index (χ1n) is 6.69. The van der Waals surface area contributed by atoms with E-state index < -0.39 is 69.2 Å². The highest BCUT2D eigenvalue weighted by Gasteiger charge is 2.34. The van der Waals surface area contributed by atoms with Gasteiger partial charge in [0.1, 0.15) is 0 Å². The second-order valence-electron chi connectivity index (χ2n) is 5.01. The summed E-state index contributed by atoms with van der Waals surface area (Å²) in [5.74, 6) is -21.7. The monoisotopic (exact) mass is 381 g/mol. The molecule has 0 fully saturated rings. The molecule has 1 nitrogen and oxygen atoms in total. The van der Waals surface area contributed by atoms with Gasteiger partial charge in [-0.2, -0.15) is 0 Å². The van der Waals surface area contributed by atoms with Crippen LogP contribution >= 0.6 is 0 Å². The molecule has 0 aliphatic carbocycles. The summed E-state index contributed by atoms with van der Waals surface area (Å²) >= 11 is 0. The lowest BCUT2D eigenvalue weighted by molar-refractivity contribution is 0.379. The largest absolute Gasteiger partial charge is 0.321 e. The van der Waals surface area contributed by atoms with Crippen molar-refractivity contribution in [2.24, 2.45) is 0 Å². The van der Waals surface area contributed by atoms with E-state index in [9.17, 15) is 39.5 Å². The number of halogens is 9. The topological polar surface area (TPSA) is 4.93 Å². The van der Waals surface area contributed by atoms with Gasteiger partial charge in [-0.3, -0.25) is 0 Å². The summed E-state index contributed by atoms with van der Waals surface area (Å²) in [7, 11) is 0. The lowest BCUT2D eigenvalue weighted by Gasteiger charge is -2.16. The van der Waals surface area contributed by atoms with Gasteiger partial charge in [0.15, 0.2) is 46.5 Å². The van der Waals surface area contributed by atoms with Crippen molar-refractivity contribution in [1.82, 2.24) is 4.57 Å². The summed E-state index contributed by atoms with van der Waals surface area (Å²) in [5.41, 5.74) is -4.86. The van der Waals surface area contributed by atoms with Crippen LogP contribution in [0.2, 0.25) is 0 Å². The summed E-state index contributed by atoms with van der Waals surface area (Å²) in [6.45, 7) is 0. The lowest BCUT2D eigenvalue weighted by atomic mass is 9.99. The molecule has 0 saturated heterocycles. The zero-order valence-electron chi connectivity index (χ0n) is 12.2. The third-order valence-corrected chi connectivity index (χ3v) is 3.56. The van der Waals surface area contributed by atoms with Gasteiger partial charge >= 0.3 is 0 Å². The maximum Gasteiger partial charge on any atom is 0.200 e. The van der Waals surface area contributed by atoms with Crippen molar-refractivity contribution in [1.29, 1.82) is 0 Å². The molecule has 0 spiro atoms. The molecule has 1 heterocycles. The molecule has 1 aromatic heterocycles. The van der Waals surface area contributed by atoms with E-state index in [0.29, 0.717) is 4.57 Å². The van der Waals surface area contributed by atoms with Crippen molar-refractivity contribution < 1.29 is 39.5 Å². The van der Waals surface area contributed by atoms with Crippen molar-refractivity contribution in [3.8, 4) is 16.8 Å². The van der Waals surface area contributed by atoms with Crippen LogP contribution in [0.15, 0.2) is 24.5 Å². The fourth-order valence-corrected chi connectivity index (χ4v) is 2.40. The summed E-state index contributed by atoms with van der Waals surface area (Å²) in [4.78, 5) is 0. The van der Waals surface area contributed by atoms with Crippen LogP contribution in [-0.4, -0.2) is 4.57 Å². The predicted molar refractivity (Wildman–Crippen MR) is 70.8 cm³/mol. The van der Waals surface area contributed by atoms with Gasteiger partial charge in [-0.25, -0.2) is 39.5 Å². The summed E-state index contributed by atoms with van der Waals surface area (Å²) in [6, 6.07) is 2.42. The van der Waals surface area contributed by atoms with Gasteiger partial charge in [0.25, 0.3) is 0 Å². The highest BCUT2D eigenvalue weighted by molar-refractivity contribution is 5.75. The average molecular weight is 381 g/mol. The van der Waals surface area contributed by atoms with E-state index in [0.717, 1.165) is 12.4 Å². The Balaban J connectivity index is 2.56. The van der Waals surface area contributed by atoms with Gasteiger partial charge in [-0.05, 0) is 12.1 Å². The molecule has 0 amide bonds. The SMILES string of the molecule is Fc1c(F)c(F)c(-c2c(F)c(F)c(F)c(F)c2-n2cccc2)c(F)c1F. The normalized spacial score (nSPS) is 11.3. The van der Waals surface area contributed by atoms with E-state index >= 15 is 0 Å². The minimum atomic E-state index is -2.55. The van der Waals surface area contributed by atoms with Gasteiger partial charge in [-0.15, -0.1) is 0 Å². The van der Waals surface area contributed by atoms with Gasteiger partial charge in [0, 0.05) is 12.4 Å². The van der Waals surface area contributed by atoms with Crippen molar-refractivity contribution >= 4 is 0 Å². The Morgan fingerprint density at radius 2 is 0.769 bits per heavy atom. The summed E-state index contributed by atoms with van der Waals surface area (Å²) in [5, 5.41) is 0. The molecular formula is C16H4F9N. The van der Waals surface area contributed by atoms with Crippen molar-refractivity contribution in [3.63, 3.8) is 0 Å². The zero-order valence-corrected chi connectivity index (χ0v) is 12.2. The number of rotatable bonds is 2. The van der Waals surface area contributed by atoms with Gasteiger partial charge in [-0.1, -0.05) is 0 Å². The zero-order chi connectivity index (χ0) is 19.3. The van der Waals surface area contributed by atoms with E-state index in [1.807, 2.05) is 0 Å². The maximum absolute atomic E-state index is 14.2. The second-order valence-corrected chi connectivity index (χ2v) is 5.01. The van der Waals surface area contributed by atoms with Crippen molar-refractivity contribution in [2.75, 3.05) is 0 Å². The van der Waals surface area contributed by atoms with Crippen LogP contribution in [0.1, 0.15) is 0 Å². The number of hydrogen-bond acceptors (Lipinski definition) is 0. The Hall–Kier alpha value is -2.91. The van der Waals surface area contributed by atoms with Crippen molar-refractivity contribution in [2.45, 2.75) is 0 Å². The quantitative estimate of drug-likeness (QED) is 0.318. The fraction of sp³-hybridized carbons (Fsp3) is 0. The van der Waals surface area contributed by atoms with Crippen LogP contribution in [0.3, 0.4) is 0 Å². The maximum atomic E-state index is 14.2. The molecule has 0 bridgehead atoms. The van der Waals surface area contributed by atoms with Crippen LogP contribution in [0.4, 0.5) is 39.5 Å². The Morgan fingerprint density at radius 3 is 1.23 bits per heavy atom. The molecule has 0 aliphatic heterocycles.